The van der Waals surface area contributed by atoms with Crippen molar-refractivity contribution in [2.45, 2.75) is 6.04 Å². The summed E-state index contributed by atoms with van der Waals surface area (Å²) in [5.74, 6) is -0.422. The summed E-state index contributed by atoms with van der Waals surface area (Å²) in [6.07, 6.45) is 0. The summed E-state index contributed by atoms with van der Waals surface area (Å²) < 4.78 is 0. The normalized spacial score (nSPS) is 10.2. The summed E-state index contributed by atoms with van der Waals surface area (Å²) in [5.41, 5.74) is 5.76. The number of nitrogens with two attached hydrogens (primary N) is 1. The number of carbonyl (C=O) groups excluding carboxylic acids is 2. The molecule has 7 heteroatoms. The zero-order chi connectivity index (χ0) is 13.5. The first kappa shape index (κ1) is 13.9. The first-order valence-corrected chi connectivity index (χ1v) is 5.26. The van der Waals surface area contributed by atoms with E-state index in [4.69, 9.17) is 15.9 Å². The van der Waals surface area contributed by atoms with Crippen LogP contribution in [0.3, 0.4) is 0 Å². The van der Waals surface area contributed by atoms with Crippen LogP contribution in [0.2, 0.25) is 0 Å². The predicted octanol–water partition coefficient (Wildman–Crippen LogP) is -0.740. The zero-order valence-electron chi connectivity index (χ0n) is 9.59. The molecule has 0 saturated carbocycles. The van der Waals surface area contributed by atoms with E-state index in [9.17, 15) is 9.59 Å². The summed E-state index contributed by atoms with van der Waals surface area (Å²) in [7, 11) is 0. The number of primary amides is 1. The molecule has 0 spiro atoms. The molecule has 1 rings (SSSR count). The first-order chi connectivity index (χ1) is 8.56. The maximum Gasteiger partial charge on any atom is 0.316 e. The van der Waals surface area contributed by atoms with Gasteiger partial charge in [-0.05, 0) is 24.3 Å². The topological polar surface area (TPSA) is 125 Å². The van der Waals surface area contributed by atoms with E-state index in [0.29, 0.717) is 11.3 Å². The van der Waals surface area contributed by atoms with Crippen LogP contribution >= 0.6 is 0 Å². The van der Waals surface area contributed by atoms with Gasteiger partial charge in [-0.3, -0.25) is 4.79 Å². The fraction of sp³-hybridized carbons (Fsp3) is 0.273. The van der Waals surface area contributed by atoms with Gasteiger partial charge in [-0.15, -0.1) is 0 Å². The van der Waals surface area contributed by atoms with Gasteiger partial charge >= 0.3 is 6.03 Å². The fourth-order valence-corrected chi connectivity index (χ4v) is 1.26. The highest BCUT2D eigenvalue weighted by Crippen LogP contribution is 2.09. The van der Waals surface area contributed by atoms with Crippen molar-refractivity contribution in [3.05, 3.63) is 29.8 Å². The van der Waals surface area contributed by atoms with E-state index in [-0.39, 0.29) is 13.2 Å². The molecular weight excluding hydrogens is 238 g/mol. The van der Waals surface area contributed by atoms with Gasteiger partial charge in [0.25, 0.3) is 5.91 Å². The van der Waals surface area contributed by atoms with Crippen LogP contribution in [0.25, 0.3) is 0 Å². The molecule has 0 bridgehead atoms. The second-order valence-electron chi connectivity index (χ2n) is 3.60. The van der Waals surface area contributed by atoms with Crippen molar-refractivity contribution in [2.75, 3.05) is 18.5 Å². The molecule has 98 valence electrons. The van der Waals surface area contributed by atoms with Crippen LogP contribution in [-0.2, 0) is 0 Å². The third-order valence-corrected chi connectivity index (χ3v) is 2.19. The van der Waals surface area contributed by atoms with Crippen molar-refractivity contribution >= 4 is 17.6 Å². The van der Waals surface area contributed by atoms with Gasteiger partial charge in [-0.25, -0.2) is 4.79 Å². The van der Waals surface area contributed by atoms with Crippen molar-refractivity contribution in [1.29, 1.82) is 0 Å². The molecule has 0 atom stereocenters. The molecule has 6 N–H and O–H groups in total. The molecule has 0 aliphatic carbocycles. The number of aliphatic hydroxyl groups is 2. The van der Waals surface area contributed by atoms with Gasteiger partial charge in [0.1, 0.15) is 0 Å². The van der Waals surface area contributed by atoms with E-state index >= 15 is 0 Å². The Labute approximate surface area is 104 Å². The largest absolute Gasteiger partial charge is 0.394 e. The second kappa shape index (κ2) is 6.58. The molecule has 0 radical (unpaired) electrons. The highest BCUT2D eigenvalue weighted by Gasteiger charge is 2.11. The first-order valence-electron chi connectivity index (χ1n) is 5.26. The Morgan fingerprint density at radius 1 is 1.17 bits per heavy atom. The smallest absolute Gasteiger partial charge is 0.316 e. The number of urea groups is 1. The molecule has 0 saturated heterocycles. The highest BCUT2D eigenvalue weighted by molar-refractivity contribution is 5.95. The lowest BCUT2D eigenvalue weighted by atomic mass is 10.2. The summed E-state index contributed by atoms with van der Waals surface area (Å²) in [6.45, 7) is -0.687. The van der Waals surface area contributed by atoms with Crippen molar-refractivity contribution in [3.8, 4) is 0 Å². The minimum atomic E-state index is -0.694. The molecule has 0 aliphatic heterocycles. The van der Waals surface area contributed by atoms with Crippen LogP contribution in [0.5, 0.6) is 0 Å². The van der Waals surface area contributed by atoms with Crippen molar-refractivity contribution in [3.63, 3.8) is 0 Å². The lowest BCUT2D eigenvalue weighted by Crippen LogP contribution is -2.40. The number of anilines is 1. The molecule has 0 heterocycles. The predicted molar refractivity (Wildman–Crippen MR) is 65.1 cm³/mol. The average Bonchev–Trinajstić information content (AvgIpc) is 2.35. The average molecular weight is 253 g/mol. The van der Waals surface area contributed by atoms with Crippen LogP contribution in [0.4, 0.5) is 10.5 Å². The Balaban J connectivity index is 2.67. The van der Waals surface area contributed by atoms with Crippen LogP contribution in [0, 0.1) is 0 Å². The van der Waals surface area contributed by atoms with Crippen LogP contribution in [0.1, 0.15) is 10.4 Å². The Kier molecular flexibility index (Phi) is 5.09. The van der Waals surface area contributed by atoms with Gasteiger partial charge in [0.05, 0.1) is 19.3 Å². The standard InChI is InChI=1S/C11H15N3O4/c12-11(18)14-8-3-1-7(2-4-8)10(17)13-9(5-15)6-16/h1-4,9,15-16H,5-6H2,(H,13,17)(H3,12,14,18). The minimum absolute atomic E-state index is 0.344. The van der Waals surface area contributed by atoms with Crippen LogP contribution in [0.15, 0.2) is 24.3 Å². The SMILES string of the molecule is NC(=O)Nc1ccc(C(=O)NC(CO)CO)cc1. The van der Waals surface area contributed by atoms with E-state index in [0.717, 1.165) is 0 Å². The molecule has 18 heavy (non-hydrogen) atoms. The molecule has 3 amide bonds. The number of benzene rings is 1. The Morgan fingerprint density at radius 2 is 1.72 bits per heavy atom. The molecule has 1 aromatic carbocycles. The maximum absolute atomic E-state index is 11.7. The number of aliphatic hydroxyl groups excluding tert-OH is 2. The number of carbonyl (C=O) groups is 2. The number of hydrogen-bond acceptors (Lipinski definition) is 4. The monoisotopic (exact) mass is 253 g/mol. The molecule has 7 nitrogen and oxygen atoms in total. The number of amides is 3. The number of hydrogen-bond donors (Lipinski definition) is 5. The Bertz CT molecular complexity index is 415. The summed E-state index contributed by atoms with van der Waals surface area (Å²) in [6, 6.07) is 4.64. The molecule has 0 aliphatic rings. The molecule has 0 aromatic heterocycles. The minimum Gasteiger partial charge on any atom is -0.394 e. The van der Waals surface area contributed by atoms with E-state index in [1.807, 2.05) is 0 Å². The molecule has 0 unspecified atom stereocenters. The third-order valence-electron chi connectivity index (χ3n) is 2.19. The molecular formula is C11H15N3O4. The summed E-state index contributed by atoms with van der Waals surface area (Å²) >= 11 is 0. The van der Waals surface area contributed by atoms with Crippen LogP contribution < -0.4 is 16.4 Å². The van der Waals surface area contributed by atoms with Gasteiger partial charge < -0.3 is 26.6 Å². The summed E-state index contributed by atoms with van der Waals surface area (Å²) in [4.78, 5) is 22.2. The Morgan fingerprint density at radius 3 is 2.17 bits per heavy atom. The maximum atomic E-state index is 11.7. The van der Waals surface area contributed by atoms with Gasteiger partial charge in [0.15, 0.2) is 0 Å². The third kappa shape index (κ3) is 4.04. The van der Waals surface area contributed by atoms with E-state index in [1.54, 1.807) is 0 Å². The van der Waals surface area contributed by atoms with E-state index in [2.05, 4.69) is 10.6 Å². The molecule has 0 fully saturated rings. The van der Waals surface area contributed by atoms with Crippen molar-refractivity contribution in [1.82, 2.24) is 5.32 Å². The van der Waals surface area contributed by atoms with E-state index < -0.39 is 18.0 Å². The van der Waals surface area contributed by atoms with Crippen LogP contribution in [-0.4, -0.2) is 41.4 Å². The highest BCUT2D eigenvalue weighted by atomic mass is 16.3. The van der Waals surface area contributed by atoms with Crippen molar-refractivity contribution in [2.24, 2.45) is 5.73 Å². The van der Waals surface area contributed by atoms with Crippen molar-refractivity contribution < 1.29 is 19.8 Å². The zero-order valence-corrected chi connectivity index (χ0v) is 9.59. The molecule has 1 aromatic rings. The van der Waals surface area contributed by atoms with Gasteiger partial charge in [-0.1, -0.05) is 0 Å². The quantitative estimate of drug-likeness (QED) is 0.474. The van der Waals surface area contributed by atoms with E-state index in [1.165, 1.54) is 24.3 Å². The number of rotatable bonds is 5. The van der Waals surface area contributed by atoms with Gasteiger partial charge in [-0.2, -0.15) is 0 Å². The fourth-order valence-electron chi connectivity index (χ4n) is 1.26. The Hall–Kier alpha value is -2.12. The van der Waals surface area contributed by atoms with Gasteiger partial charge in [0.2, 0.25) is 0 Å². The second-order valence-corrected chi connectivity index (χ2v) is 3.60. The summed E-state index contributed by atoms with van der Waals surface area (Å²) in [5, 5.41) is 22.5. The van der Waals surface area contributed by atoms with Gasteiger partial charge in [0, 0.05) is 11.3 Å². The number of nitrogens with one attached hydrogen (secondary N) is 2. The lowest BCUT2D eigenvalue weighted by Gasteiger charge is -2.13. The lowest BCUT2D eigenvalue weighted by molar-refractivity contribution is 0.0879.